The summed E-state index contributed by atoms with van der Waals surface area (Å²) in [6.07, 6.45) is 4.15. The molecular weight excluding hydrogens is 394 g/mol. The van der Waals surface area contributed by atoms with Crippen molar-refractivity contribution in [3.05, 3.63) is 78.1 Å². The van der Waals surface area contributed by atoms with E-state index in [-0.39, 0.29) is 6.04 Å². The van der Waals surface area contributed by atoms with E-state index in [1.165, 1.54) is 0 Å². The Kier molecular flexibility index (Phi) is 5.65. The highest BCUT2D eigenvalue weighted by Gasteiger charge is 2.15. The minimum atomic E-state index is -0.599. The van der Waals surface area contributed by atoms with Gasteiger partial charge in [0.2, 0.25) is 0 Å². The fourth-order valence-electron chi connectivity index (χ4n) is 3.07. The summed E-state index contributed by atoms with van der Waals surface area (Å²) in [4.78, 5) is 20.7. The zero-order valence-electron chi connectivity index (χ0n) is 17.4. The van der Waals surface area contributed by atoms with E-state index in [1.807, 2.05) is 44.2 Å². The molecule has 9 heteroatoms. The largest absolute Gasteiger partial charge is 0.413 e. The van der Waals surface area contributed by atoms with Crippen molar-refractivity contribution in [2.45, 2.75) is 26.8 Å². The predicted octanol–water partition coefficient (Wildman–Crippen LogP) is 3.59. The van der Waals surface area contributed by atoms with Gasteiger partial charge >= 0.3 is 6.09 Å². The van der Waals surface area contributed by atoms with Crippen molar-refractivity contribution < 1.29 is 9.53 Å². The van der Waals surface area contributed by atoms with Gasteiger partial charge < -0.3 is 10.1 Å². The topological polar surface area (TPSA) is 108 Å². The smallest absolute Gasteiger partial charge is 0.410 e. The van der Waals surface area contributed by atoms with E-state index in [0.717, 1.165) is 16.7 Å². The number of hydrogen-bond donors (Lipinski definition) is 1. The Bertz CT molecular complexity index is 1190. The summed E-state index contributed by atoms with van der Waals surface area (Å²) in [6.45, 7) is 5.64. The maximum atomic E-state index is 12.5. The van der Waals surface area contributed by atoms with E-state index >= 15 is 0 Å². The summed E-state index contributed by atoms with van der Waals surface area (Å²) in [7, 11) is 0. The van der Waals surface area contributed by atoms with Crippen LogP contribution in [0.15, 0.2) is 61.1 Å². The lowest BCUT2D eigenvalue weighted by Crippen LogP contribution is -2.30. The van der Waals surface area contributed by atoms with Crippen LogP contribution in [0.1, 0.15) is 30.0 Å². The first-order chi connectivity index (χ1) is 15.0. The standard InChI is InChI=1S/C22H21N7O2/c1-14-4-6-17(7-5-14)18-10-19(29-16(3)26-27-28-29)12-20(11-18)31-22(30)25-15(2)21-13-23-8-9-24-21/h4-13,15H,1-3H3,(H,25,30). The second kappa shape index (κ2) is 8.70. The number of hydrogen-bond acceptors (Lipinski definition) is 7. The average Bonchev–Trinajstić information content (AvgIpc) is 3.20. The summed E-state index contributed by atoms with van der Waals surface area (Å²) >= 11 is 0. The molecule has 4 rings (SSSR count). The van der Waals surface area contributed by atoms with Crippen LogP contribution in [-0.4, -0.2) is 36.3 Å². The van der Waals surface area contributed by atoms with Crippen LogP contribution in [0.25, 0.3) is 16.8 Å². The molecule has 2 aromatic heterocycles. The molecule has 0 fully saturated rings. The highest BCUT2D eigenvalue weighted by molar-refractivity contribution is 5.74. The van der Waals surface area contributed by atoms with Gasteiger partial charge in [-0.05, 0) is 54.5 Å². The first-order valence-corrected chi connectivity index (χ1v) is 9.71. The van der Waals surface area contributed by atoms with Gasteiger partial charge in [-0.2, -0.15) is 4.68 Å². The van der Waals surface area contributed by atoms with Crippen molar-refractivity contribution in [1.29, 1.82) is 0 Å². The van der Waals surface area contributed by atoms with Gasteiger partial charge in [-0.1, -0.05) is 29.8 Å². The Morgan fingerprint density at radius 1 is 1.06 bits per heavy atom. The molecular formula is C22H21N7O2. The third-order valence-electron chi connectivity index (χ3n) is 4.72. The highest BCUT2D eigenvalue weighted by atomic mass is 16.6. The minimum Gasteiger partial charge on any atom is -0.410 e. The van der Waals surface area contributed by atoms with Crippen LogP contribution in [0.4, 0.5) is 4.79 Å². The second-order valence-corrected chi connectivity index (χ2v) is 7.11. The number of carbonyl (C=O) groups excluding carboxylic acids is 1. The van der Waals surface area contributed by atoms with Crippen molar-refractivity contribution >= 4 is 6.09 Å². The molecule has 0 saturated carbocycles. The molecule has 4 aromatic rings. The maximum absolute atomic E-state index is 12.5. The molecule has 0 radical (unpaired) electrons. The van der Waals surface area contributed by atoms with Crippen molar-refractivity contribution in [3.63, 3.8) is 0 Å². The summed E-state index contributed by atoms with van der Waals surface area (Å²) in [5.74, 6) is 0.986. The lowest BCUT2D eigenvalue weighted by molar-refractivity contribution is 0.196. The number of rotatable bonds is 5. The van der Waals surface area contributed by atoms with Crippen LogP contribution in [0.5, 0.6) is 5.75 Å². The Hall–Kier alpha value is -4.14. The van der Waals surface area contributed by atoms with Gasteiger partial charge in [0.25, 0.3) is 0 Å². The van der Waals surface area contributed by atoms with Crippen LogP contribution in [0.2, 0.25) is 0 Å². The molecule has 31 heavy (non-hydrogen) atoms. The number of benzene rings is 2. The van der Waals surface area contributed by atoms with E-state index < -0.39 is 6.09 Å². The fourth-order valence-corrected chi connectivity index (χ4v) is 3.07. The molecule has 9 nitrogen and oxygen atoms in total. The fraction of sp³-hybridized carbons (Fsp3) is 0.182. The summed E-state index contributed by atoms with van der Waals surface area (Å²) in [5.41, 5.74) is 4.34. The number of carbonyl (C=O) groups is 1. The van der Waals surface area contributed by atoms with Crippen molar-refractivity contribution in [2.24, 2.45) is 0 Å². The highest BCUT2D eigenvalue weighted by Crippen LogP contribution is 2.28. The minimum absolute atomic E-state index is 0.359. The van der Waals surface area contributed by atoms with E-state index in [9.17, 15) is 4.79 Å². The van der Waals surface area contributed by atoms with Crippen molar-refractivity contribution in [1.82, 2.24) is 35.5 Å². The lowest BCUT2D eigenvalue weighted by Gasteiger charge is -2.14. The second-order valence-electron chi connectivity index (χ2n) is 7.11. The average molecular weight is 415 g/mol. The molecule has 0 aliphatic rings. The summed E-state index contributed by atoms with van der Waals surface area (Å²) < 4.78 is 7.18. The maximum Gasteiger partial charge on any atom is 0.413 e. The van der Waals surface area contributed by atoms with Gasteiger partial charge in [0.05, 0.1) is 23.6 Å². The van der Waals surface area contributed by atoms with Gasteiger partial charge in [0.1, 0.15) is 5.75 Å². The van der Waals surface area contributed by atoms with Crippen LogP contribution < -0.4 is 10.1 Å². The summed E-state index contributed by atoms with van der Waals surface area (Å²) in [6, 6.07) is 13.2. The molecule has 2 aromatic carbocycles. The van der Waals surface area contributed by atoms with Crippen molar-refractivity contribution in [2.75, 3.05) is 0 Å². The molecule has 1 atom stereocenters. The molecule has 156 valence electrons. The zero-order chi connectivity index (χ0) is 21.8. The normalized spacial score (nSPS) is 11.7. The van der Waals surface area contributed by atoms with E-state index in [1.54, 1.807) is 42.3 Å². The molecule has 0 spiro atoms. The van der Waals surface area contributed by atoms with Crippen LogP contribution >= 0.6 is 0 Å². The van der Waals surface area contributed by atoms with Gasteiger partial charge in [-0.3, -0.25) is 9.97 Å². The first kappa shape index (κ1) is 20.1. The van der Waals surface area contributed by atoms with Gasteiger partial charge in [0.15, 0.2) is 5.82 Å². The lowest BCUT2D eigenvalue weighted by atomic mass is 10.0. The molecule has 2 heterocycles. The van der Waals surface area contributed by atoms with Crippen molar-refractivity contribution in [3.8, 4) is 22.6 Å². The Morgan fingerprint density at radius 2 is 1.87 bits per heavy atom. The Balaban J connectivity index is 1.63. The SMILES string of the molecule is Cc1ccc(-c2cc(OC(=O)NC(C)c3cnccn3)cc(-n3nnnc3C)c2)cc1. The molecule has 1 amide bonds. The van der Waals surface area contributed by atoms with Gasteiger partial charge in [-0.25, -0.2) is 4.79 Å². The van der Waals surface area contributed by atoms with Crippen LogP contribution in [0, 0.1) is 13.8 Å². The third kappa shape index (κ3) is 4.72. The molecule has 0 bridgehead atoms. The number of aryl methyl sites for hydroxylation is 2. The quantitative estimate of drug-likeness (QED) is 0.531. The Morgan fingerprint density at radius 3 is 2.55 bits per heavy atom. The summed E-state index contributed by atoms with van der Waals surface area (Å²) in [5, 5.41) is 14.4. The van der Waals surface area contributed by atoms with Gasteiger partial charge in [-0.15, -0.1) is 5.10 Å². The predicted molar refractivity (Wildman–Crippen MR) is 114 cm³/mol. The number of nitrogens with one attached hydrogen (secondary N) is 1. The number of nitrogens with zero attached hydrogens (tertiary/aromatic N) is 6. The van der Waals surface area contributed by atoms with E-state index in [0.29, 0.717) is 23.0 Å². The molecule has 0 aliphatic heterocycles. The van der Waals surface area contributed by atoms with E-state index in [2.05, 4.69) is 30.8 Å². The van der Waals surface area contributed by atoms with Gasteiger partial charge in [0, 0.05) is 18.5 Å². The third-order valence-corrected chi connectivity index (χ3v) is 4.72. The molecule has 0 saturated heterocycles. The number of amides is 1. The zero-order valence-corrected chi connectivity index (χ0v) is 17.4. The number of ether oxygens (including phenoxy) is 1. The number of aromatic nitrogens is 6. The molecule has 0 aliphatic carbocycles. The molecule has 1 N–H and O–H groups in total. The first-order valence-electron chi connectivity index (χ1n) is 9.71. The monoisotopic (exact) mass is 415 g/mol. The Labute approximate surface area is 179 Å². The molecule has 1 unspecified atom stereocenters. The van der Waals surface area contributed by atoms with E-state index in [4.69, 9.17) is 4.74 Å². The number of tetrazole rings is 1. The van der Waals surface area contributed by atoms with Crippen LogP contribution in [-0.2, 0) is 0 Å². The van der Waals surface area contributed by atoms with Crippen LogP contribution in [0.3, 0.4) is 0 Å².